The molecule has 8 heteroatoms. The molecule has 1 aromatic heterocycles. The molecule has 0 saturated heterocycles. The van der Waals surface area contributed by atoms with Gasteiger partial charge in [0, 0.05) is 7.05 Å². The van der Waals surface area contributed by atoms with E-state index in [4.69, 9.17) is 0 Å². The molecule has 0 aromatic carbocycles. The highest BCUT2D eigenvalue weighted by molar-refractivity contribution is 5.62. The predicted octanol–water partition coefficient (Wildman–Crippen LogP) is 0.672. The van der Waals surface area contributed by atoms with Crippen LogP contribution < -0.4 is 10.6 Å². The first-order valence-corrected chi connectivity index (χ1v) is 5.61. The third kappa shape index (κ3) is 2.19. The number of aliphatic hydroxyl groups is 1. The Bertz CT molecular complexity index is 487. The number of hydrogen-bond donors (Lipinski definition) is 3. The lowest BCUT2D eigenvalue weighted by Crippen LogP contribution is -2.27. The average Bonchev–Trinajstić information content (AvgIpc) is 3.08. The van der Waals surface area contributed by atoms with E-state index in [0.717, 1.165) is 12.8 Å². The molecule has 0 radical (unpaired) electrons. The van der Waals surface area contributed by atoms with Crippen LogP contribution in [0.5, 0.6) is 0 Å². The summed E-state index contributed by atoms with van der Waals surface area (Å²) in [4.78, 5) is 18.6. The van der Waals surface area contributed by atoms with E-state index in [-0.39, 0.29) is 23.8 Å². The molecule has 1 fully saturated rings. The number of aromatic nitrogens is 2. The highest BCUT2D eigenvalue weighted by Gasteiger charge is 2.44. The van der Waals surface area contributed by atoms with E-state index in [2.05, 4.69) is 20.6 Å². The van der Waals surface area contributed by atoms with E-state index < -0.39 is 10.5 Å². The average molecular weight is 253 g/mol. The molecule has 1 aromatic rings. The molecule has 8 nitrogen and oxygen atoms in total. The summed E-state index contributed by atoms with van der Waals surface area (Å²) in [6, 6.07) is 0. The van der Waals surface area contributed by atoms with Crippen LogP contribution in [0.25, 0.3) is 0 Å². The molecular formula is C10H15N5O3. The maximum atomic E-state index is 11.0. The summed E-state index contributed by atoms with van der Waals surface area (Å²) in [5, 5.41) is 26.0. The number of nitrogens with one attached hydrogen (secondary N) is 2. The van der Waals surface area contributed by atoms with Gasteiger partial charge in [0.05, 0.1) is 17.1 Å². The lowest BCUT2D eigenvalue weighted by atomic mass is 10.2. The Balaban J connectivity index is 2.42. The van der Waals surface area contributed by atoms with Crippen molar-refractivity contribution in [3.63, 3.8) is 0 Å². The molecule has 1 aliphatic rings. The molecular weight excluding hydrogens is 238 g/mol. The van der Waals surface area contributed by atoms with Crippen molar-refractivity contribution in [2.75, 3.05) is 24.3 Å². The van der Waals surface area contributed by atoms with Crippen molar-refractivity contribution >= 4 is 17.5 Å². The highest BCUT2D eigenvalue weighted by atomic mass is 16.6. The Morgan fingerprint density at radius 3 is 2.61 bits per heavy atom. The number of anilines is 2. The number of rotatable bonds is 5. The highest BCUT2D eigenvalue weighted by Crippen LogP contribution is 2.40. The van der Waals surface area contributed by atoms with Crippen LogP contribution in [-0.4, -0.2) is 39.2 Å². The second kappa shape index (κ2) is 4.37. The van der Waals surface area contributed by atoms with Gasteiger partial charge < -0.3 is 15.7 Å². The second-order valence-corrected chi connectivity index (χ2v) is 4.40. The van der Waals surface area contributed by atoms with Gasteiger partial charge in [0.25, 0.3) is 0 Å². The van der Waals surface area contributed by atoms with Crippen LogP contribution in [0.2, 0.25) is 0 Å². The molecule has 0 bridgehead atoms. The van der Waals surface area contributed by atoms with Gasteiger partial charge in [0.2, 0.25) is 11.8 Å². The molecule has 2 rings (SSSR count). The van der Waals surface area contributed by atoms with Gasteiger partial charge in [-0.15, -0.1) is 0 Å². The maximum Gasteiger partial charge on any atom is 0.332 e. The summed E-state index contributed by atoms with van der Waals surface area (Å²) in [5.74, 6) is 0.470. The molecule has 98 valence electrons. The van der Waals surface area contributed by atoms with Gasteiger partial charge in [-0.05, 0) is 19.8 Å². The number of nitro groups is 1. The van der Waals surface area contributed by atoms with Crippen molar-refractivity contribution in [3.05, 3.63) is 15.8 Å². The molecule has 0 amide bonds. The maximum absolute atomic E-state index is 11.0. The Hall–Kier alpha value is -1.96. The molecule has 0 unspecified atom stereocenters. The van der Waals surface area contributed by atoms with Crippen LogP contribution in [0.1, 0.15) is 18.5 Å². The van der Waals surface area contributed by atoms with Gasteiger partial charge in [-0.25, -0.2) is 4.98 Å². The lowest BCUT2D eigenvalue weighted by Gasteiger charge is -2.16. The number of aliphatic hydroxyl groups excluding tert-OH is 1. The normalized spacial score (nSPS) is 16.2. The Morgan fingerprint density at radius 1 is 1.50 bits per heavy atom. The van der Waals surface area contributed by atoms with E-state index in [9.17, 15) is 15.2 Å². The molecule has 0 aliphatic heterocycles. The van der Waals surface area contributed by atoms with E-state index in [0.29, 0.717) is 5.95 Å². The van der Waals surface area contributed by atoms with Gasteiger partial charge in [0.15, 0.2) is 0 Å². The minimum absolute atomic E-state index is 0.0674. The summed E-state index contributed by atoms with van der Waals surface area (Å²) in [6.07, 6.45) is 1.55. The first-order valence-electron chi connectivity index (χ1n) is 5.61. The Kier molecular flexibility index (Phi) is 3.04. The fourth-order valence-electron chi connectivity index (χ4n) is 1.71. The van der Waals surface area contributed by atoms with Gasteiger partial charge >= 0.3 is 5.69 Å². The minimum atomic E-state index is -0.509. The van der Waals surface area contributed by atoms with Crippen molar-refractivity contribution in [3.8, 4) is 0 Å². The van der Waals surface area contributed by atoms with E-state index in [1.807, 2.05) is 0 Å². The topological polar surface area (TPSA) is 113 Å². The van der Waals surface area contributed by atoms with Crippen LogP contribution in [0.15, 0.2) is 0 Å². The standard InChI is InChI=1S/C10H15N5O3/c1-6-7(15(17)18)8(13-9(11-2)12-6)14-10(5-16)3-4-10/h16H,3-5H2,1-2H3,(H2,11,12,13,14). The second-order valence-electron chi connectivity index (χ2n) is 4.40. The van der Waals surface area contributed by atoms with Crippen molar-refractivity contribution in [1.82, 2.24) is 9.97 Å². The first-order chi connectivity index (χ1) is 8.51. The third-order valence-electron chi connectivity index (χ3n) is 3.00. The van der Waals surface area contributed by atoms with Crippen LogP contribution in [0.3, 0.4) is 0 Å². The molecule has 1 aliphatic carbocycles. The van der Waals surface area contributed by atoms with Crippen LogP contribution >= 0.6 is 0 Å². The number of hydrogen-bond acceptors (Lipinski definition) is 7. The zero-order valence-corrected chi connectivity index (χ0v) is 10.2. The van der Waals surface area contributed by atoms with Crippen LogP contribution in [-0.2, 0) is 0 Å². The smallest absolute Gasteiger partial charge is 0.332 e. The summed E-state index contributed by atoms with van der Waals surface area (Å²) < 4.78 is 0. The molecule has 0 spiro atoms. The molecule has 3 N–H and O–H groups in total. The van der Waals surface area contributed by atoms with Gasteiger partial charge in [0.1, 0.15) is 5.69 Å². The predicted molar refractivity (Wildman–Crippen MR) is 65.6 cm³/mol. The molecule has 1 heterocycles. The molecule has 0 atom stereocenters. The first kappa shape index (κ1) is 12.5. The number of aryl methyl sites for hydroxylation is 1. The fraction of sp³-hybridized carbons (Fsp3) is 0.600. The summed E-state index contributed by atoms with van der Waals surface area (Å²) in [6.45, 7) is 1.49. The largest absolute Gasteiger partial charge is 0.394 e. The van der Waals surface area contributed by atoms with Gasteiger partial charge in [-0.2, -0.15) is 4.98 Å². The number of nitrogens with zero attached hydrogens (tertiary/aromatic N) is 3. The van der Waals surface area contributed by atoms with Crippen molar-refractivity contribution < 1.29 is 10.0 Å². The summed E-state index contributed by atoms with van der Waals surface area (Å²) >= 11 is 0. The molecule has 1 saturated carbocycles. The Labute approximate surface area is 104 Å². The van der Waals surface area contributed by atoms with E-state index in [1.165, 1.54) is 0 Å². The third-order valence-corrected chi connectivity index (χ3v) is 3.00. The van der Waals surface area contributed by atoms with Crippen molar-refractivity contribution in [2.24, 2.45) is 0 Å². The SMILES string of the molecule is CNc1nc(C)c([N+](=O)[O-])c(NC2(CO)CC2)n1. The lowest BCUT2D eigenvalue weighted by molar-refractivity contribution is -0.385. The van der Waals surface area contributed by atoms with Crippen molar-refractivity contribution in [1.29, 1.82) is 0 Å². The van der Waals surface area contributed by atoms with Crippen LogP contribution in [0.4, 0.5) is 17.5 Å². The monoisotopic (exact) mass is 253 g/mol. The summed E-state index contributed by atoms with van der Waals surface area (Å²) in [5.41, 5.74) is -0.319. The van der Waals surface area contributed by atoms with Gasteiger partial charge in [-0.3, -0.25) is 10.1 Å². The van der Waals surface area contributed by atoms with Gasteiger partial charge in [-0.1, -0.05) is 0 Å². The minimum Gasteiger partial charge on any atom is -0.394 e. The Morgan fingerprint density at radius 2 is 2.17 bits per heavy atom. The zero-order valence-electron chi connectivity index (χ0n) is 10.2. The fourth-order valence-corrected chi connectivity index (χ4v) is 1.71. The van der Waals surface area contributed by atoms with E-state index >= 15 is 0 Å². The zero-order chi connectivity index (χ0) is 13.3. The summed E-state index contributed by atoms with van der Waals surface area (Å²) in [7, 11) is 1.64. The van der Waals surface area contributed by atoms with Crippen LogP contribution in [0, 0.1) is 17.0 Å². The van der Waals surface area contributed by atoms with Crippen molar-refractivity contribution in [2.45, 2.75) is 25.3 Å². The molecule has 18 heavy (non-hydrogen) atoms. The van der Waals surface area contributed by atoms with E-state index in [1.54, 1.807) is 14.0 Å². The quantitative estimate of drug-likeness (QED) is 0.522.